The van der Waals surface area contributed by atoms with Gasteiger partial charge in [0.05, 0.1) is 28.6 Å². The van der Waals surface area contributed by atoms with E-state index in [9.17, 15) is 5.11 Å². The minimum Gasteiger partial charge on any atom is -0.394 e. The Morgan fingerprint density at radius 2 is 2.08 bits per heavy atom. The lowest BCUT2D eigenvalue weighted by molar-refractivity contribution is 0.170. The third-order valence-corrected chi connectivity index (χ3v) is 6.02. The van der Waals surface area contributed by atoms with Gasteiger partial charge >= 0.3 is 0 Å². The van der Waals surface area contributed by atoms with Crippen molar-refractivity contribution in [1.82, 2.24) is 20.2 Å². The molecule has 0 atom stereocenters. The third-order valence-electron chi connectivity index (χ3n) is 5.14. The van der Waals surface area contributed by atoms with E-state index in [1.54, 1.807) is 6.20 Å². The highest BCUT2D eigenvalue weighted by Gasteiger charge is 2.31. The van der Waals surface area contributed by atoms with Gasteiger partial charge in [0.25, 0.3) is 0 Å². The molecule has 1 saturated heterocycles. The van der Waals surface area contributed by atoms with Gasteiger partial charge < -0.3 is 15.7 Å². The van der Waals surface area contributed by atoms with Gasteiger partial charge in [-0.2, -0.15) is 5.10 Å². The molecule has 2 aromatic heterocycles. The van der Waals surface area contributed by atoms with Gasteiger partial charge in [-0.3, -0.25) is 5.10 Å². The molecule has 2 aromatic rings. The highest BCUT2D eigenvalue weighted by atomic mass is 35.5. The number of nitrogens with zero attached hydrogens (tertiary/aromatic N) is 4. The van der Waals surface area contributed by atoms with Crippen LogP contribution in [0.15, 0.2) is 22.3 Å². The van der Waals surface area contributed by atoms with Crippen LogP contribution in [-0.2, 0) is 0 Å². The standard InChI is InChI=1S/C17H20Cl2N6O/c18-11-3-1-2-10(13(11)19)14-15-16(24-23-14)22-12(8-21-15)25-6-4-17(20,9-26)5-7-25/h3,8,26H,1-2,4-7,9,20H2,(H,22,23,24). The Kier molecular flexibility index (Phi) is 4.64. The van der Waals surface area contributed by atoms with Crippen LogP contribution < -0.4 is 10.6 Å². The molecular weight excluding hydrogens is 375 g/mol. The van der Waals surface area contributed by atoms with Gasteiger partial charge in [0.2, 0.25) is 5.65 Å². The number of allylic oxidation sites excluding steroid dienone is 4. The summed E-state index contributed by atoms with van der Waals surface area (Å²) in [6.45, 7) is 1.46. The zero-order valence-electron chi connectivity index (χ0n) is 14.2. The summed E-state index contributed by atoms with van der Waals surface area (Å²) in [7, 11) is 0. The number of nitrogens with one attached hydrogen (secondary N) is 1. The average Bonchev–Trinajstić information content (AvgIpc) is 3.07. The Balaban J connectivity index is 1.63. The monoisotopic (exact) mass is 394 g/mol. The van der Waals surface area contributed by atoms with E-state index in [2.05, 4.69) is 25.1 Å². The van der Waals surface area contributed by atoms with Gasteiger partial charge in [-0.15, -0.1) is 0 Å². The molecular formula is C17H20Cl2N6O. The molecule has 4 rings (SSSR count). The van der Waals surface area contributed by atoms with Crippen LogP contribution in [0.5, 0.6) is 0 Å². The Bertz CT molecular complexity index is 898. The van der Waals surface area contributed by atoms with Crippen molar-refractivity contribution >= 4 is 45.8 Å². The number of aromatic amines is 1. The van der Waals surface area contributed by atoms with Crippen molar-refractivity contribution in [2.24, 2.45) is 5.73 Å². The number of hydrogen-bond donors (Lipinski definition) is 3. The van der Waals surface area contributed by atoms with Gasteiger partial charge in [0.15, 0.2) is 0 Å². The first-order valence-corrected chi connectivity index (χ1v) is 9.37. The van der Waals surface area contributed by atoms with Crippen LogP contribution in [0.2, 0.25) is 0 Å². The number of aliphatic hydroxyl groups excluding tert-OH is 1. The number of anilines is 1. The van der Waals surface area contributed by atoms with E-state index in [-0.39, 0.29) is 6.61 Å². The first-order valence-electron chi connectivity index (χ1n) is 8.61. The van der Waals surface area contributed by atoms with Crippen LogP contribution in [0.25, 0.3) is 16.7 Å². The van der Waals surface area contributed by atoms with E-state index < -0.39 is 5.54 Å². The Hall–Kier alpha value is -1.67. The molecule has 1 fully saturated rings. The fourth-order valence-corrected chi connectivity index (χ4v) is 3.90. The summed E-state index contributed by atoms with van der Waals surface area (Å²) in [6.07, 6.45) is 6.69. The number of fused-ring (bicyclic) bond motifs is 1. The number of H-pyrrole nitrogens is 1. The Morgan fingerprint density at radius 3 is 2.81 bits per heavy atom. The Morgan fingerprint density at radius 1 is 1.31 bits per heavy atom. The molecule has 9 heteroatoms. The van der Waals surface area contributed by atoms with Crippen molar-refractivity contribution in [3.8, 4) is 0 Å². The summed E-state index contributed by atoms with van der Waals surface area (Å²) in [4.78, 5) is 11.3. The first-order chi connectivity index (χ1) is 12.5. The van der Waals surface area contributed by atoms with Gasteiger partial charge in [-0.1, -0.05) is 29.3 Å². The smallest absolute Gasteiger partial charge is 0.202 e. The third kappa shape index (κ3) is 3.09. The second-order valence-corrected chi connectivity index (χ2v) is 7.67. The van der Waals surface area contributed by atoms with Crippen LogP contribution in [0.3, 0.4) is 0 Å². The summed E-state index contributed by atoms with van der Waals surface area (Å²) in [5.41, 5.74) is 8.57. The minimum atomic E-state index is -0.496. The molecule has 0 unspecified atom stereocenters. The molecule has 0 spiro atoms. The topological polar surface area (TPSA) is 104 Å². The molecule has 3 heterocycles. The molecule has 1 aliphatic carbocycles. The normalized spacial score (nSPS) is 20.6. The van der Waals surface area contributed by atoms with Crippen molar-refractivity contribution in [2.75, 3.05) is 24.6 Å². The van der Waals surface area contributed by atoms with Crippen molar-refractivity contribution in [2.45, 2.75) is 31.2 Å². The summed E-state index contributed by atoms with van der Waals surface area (Å²) in [5.74, 6) is 0.761. The summed E-state index contributed by atoms with van der Waals surface area (Å²) in [5, 5.41) is 17.8. The summed E-state index contributed by atoms with van der Waals surface area (Å²) < 4.78 is 0. The average molecular weight is 395 g/mol. The molecule has 26 heavy (non-hydrogen) atoms. The number of nitrogens with two attached hydrogens (primary N) is 1. The lowest BCUT2D eigenvalue weighted by Gasteiger charge is -2.38. The highest BCUT2D eigenvalue weighted by Crippen LogP contribution is 2.37. The number of halogens is 2. The second kappa shape index (κ2) is 6.81. The van der Waals surface area contributed by atoms with Crippen LogP contribution in [-0.4, -0.2) is 50.5 Å². The molecule has 0 aromatic carbocycles. The zero-order chi connectivity index (χ0) is 18.3. The highest BCUT2D eigenvalue weighted by molar-refractivity contribution is 6.46. The van der Waals surface area contributed by atoms with Gasteiger partial charge in [0.1, 0.15) is 11.3 Å². The summed E-state index contributed by atoms with van der Waals surface area (Å²) >= 11 is 12.5. The molecule has 7 nitrogen and oxygen atoms in total. The number of hydrogen-bond acceptors (Lipinski definition) is 6. The van der Waals surface area contributed by atoms with E-state index in [4.69, 9.17) is 28.9 Å². The Labute approximate surface area is 160 Å². The largest absolute Gasteiger partial charge is 0.394 e. The number of rotatable bonds is 3. The van der Waals surface area contributed by atoms with Gasteiger partial charge in [0, 0.05) is 18.6 Å². The van der Waals surface area contributed by atoms with E-state index in [0.29, 0.717) is 34.1 Å². The number of piperidine rings is 1. The van der Waals surface area contributed by atoms with E-state index in [1.165, 1.54) is 0 Å². The maximum Gasteiger partial charge on any atom is 0.202 e. The van der Waals surface area contributed by atoms with Gasteiger partial charge in [-0.05, 0) is 31.3 Å². The molecule has 4 N–H and O–H groups in total. The lowest BCUT2D eigenvalue weighted by atomic mass is 9.90. The molecule has 0 bridgehead atoms. The fourth-order valence-electron chi connectivity index (χ4n) is 3.41. The van der Waals surface area contributed by atoms with Crippen molar-refractivity contribution in [3.63, 3.8) is 0 Å². The number of aliphatic hydroxyl groups is 1. The van der Waals surface area contributed by atoms with E-state index >= 15 is 0 Å². The molecule has 0 saturated carbocycles. The van der Waals surface area contributed by atoms with Crippen molar-refractivity contribution < 1.29 is 5.11 Å². The summed E-state index contributed by atoms with van der Waals surface area (Å²) in [6, 6.07) is 0. The number of aromatic nitrogens is 4. The fraction of sp³-hybridized carbons (Fsp3) is 0.471. The molecule has 0 radical (unpaired) electrons. The van der Waals surface area contributed by atoms with Crippen LogP contribution in [0, 0.1) is 0 Å². The lowest BCUT2D eigenvalue weighted by Crippen LogP contribution is -2.53. The minimum absolute atomic E-state index is 0.00115. The van der Waals surface area contributed by atoms with Gasteiger partial charge in [-0.25, -0.2) is 9.97 Å². The molecule has 1 aliphatic heterocycles. The molecule has 2 aliphatic rings. The predicted octanol–water partition coefficient (Wildman–Crippen LogP) is 2.51. The SMILES string of the molecule is NC1(CO)CCN(c2cnc3c(C4=C(Cl)C(Cl)=CCC4)[nH]nc3n2)CC1. The van der Waals surface area contributed by atoms with E-state index in [1.807, 2.05) is 6.08 Å². The van der Waals surface area contributed by atoms with Crippen LogP contribution in [0.4, 0.5) is 5.82 Å². The van der Waals surface area contributed by atoms with Crippen molar-refractivity contribution in [3.05, 3.63) is 28.0 Å². The molecule has 138 valence electrons. The first kappa shape index (κ1) is 17.7. The van der Waals surface area contributed by atoms with Crippen LogP contribution >= 0.6 is 23.2 Å². The second-order valence-electron chi connectivity index (χ2n) is 6.89. The maximum atomic E-state index is 9.40. The predicted molar refractivity (Wildman–Crippen MR) is 103 cm³/mol. The van der Waals surface area contributed by atoms with Crippen LogP contribution in [0.1, 0.15) is 31.4 Å². The van der Waals surface area contributed by atoms with E-state index in [0.717, 1.165) is 43.0 Å². The van der Waals surface area contributed by atoms with Crippen molar-refractivity contribution in [1.29, 1.82) is 0 Å². The zero-order valence-corrected chi connectivity index (χ0v) is 15.7. The quantitative estimate of drug-likeness (QED) is 0.738. The maximum absolute atomic E-state index is 9.40. The molecule has 0 amide bonds.